The molecule has 4 nitrogen and oxygen atoms in total. The first-order chi connectivity index (χ1) is 28.2. The van der Waals surface area contributed by atoms with Crippen molar-refractivity contribution in [1.82, 2.24) is 14.4 Å². The summed E-state index contributed by atoms with van der Waals surface area (Å²) in [6.45, 7) is 15.9. The molecule has 0 saturated heterocycles. The van der Waals surface area contributed by atoms with Crippen LogP contribution < -0.4 is 0 Å². The summed E-state index contributed by atoms with van der Waals surface area (Å²) < 4.78 is 72.6. The quantitative estimate of drug-likeness (QED) is 0.156. The van der Waals surface area contributed by atoms with E-state index < -0.39 is 25.5 Å². The smallest absolute Gasteiger partial charge is 0.201 e. The predicted molar refractivity (Wildman–Crippen MR) is 223 cm³/mol. The molecule has 0 bridgehead atoms. The largest absolute Gasteiger partial charge is 0.485 e. The standard InChI is InChI=1S/C33H37N2O.C16H18N.Ir/c1-20(2)24-11-9-12-25(21(3)4)30(24)27-15-16-35-29-14-10-13-26(31(29)36-32(27)35)28-17-23(18-33(6,7)8)22(5)19-34-28;1-12-5-7-13(8-6-12)15-10-9-14(11-17-15)16(2,3)4;/h9-12,14-17,19-21H,18H2,1-8H3;5-7,9-11H,1-4H3;/q2*-1;/i5D3,18D2;1D3;. The number of hydrogen-bond donors (Lipinski definition) is 0. The van der Waals surface area contributed by atoms with E-state index in [1.165, 1.54) is 34.5 Å². The summed E-state index contributed by atoms with van der Waals surface area (Å²) in [5.41, 5.74) is 10.1. The Morgan fingerprint density at radius 2 is 1.56 bits per heavy atom. The summed E-state index contributed by atoms with van der Waals surface area (Å²) in [4.78, 5) is 8.94. The Hall–Kier alpha value is -4.31. The molecule has 0 saturated carbocycles. The zero-order valence-corrected chi connectivity index (χ0v) is 35.3. The molecule has 0 fully saturated rings. The van der Waals surface area contributed by atoms with Crippen LogP contribution in [0, 0.1) is 31.3 Å². The van der Waals surface area contributed by atoms with Gasteiger partial charge in [0.15, 0.2) is 0 Å². The second-order valence-corrected chi connectivity index (χ2v) is 16.4. The fraction of sp³-hybridized carbons (Fsp3) is 0.347. The minimum absolute atomic E-state index is 0. The minimum Gasteiger partial charge on any atom is -0.485 e. The molecule has 4 aromatic heterocycles. The number of rotatable bonds is 6. The van der Waals surface area contributed by atoms with Crippen LogP contribution >= 0.6 is 0 Å². The topological polar surface area (TPSA) is 43.3 Å². The molecule has 283 valence electrons. The maximum atomic E-state index is 8.91. The van der Waals surface area contributed by atoms with Crippen LogP contribution in [-0.2, 0) is 31.9 Å². The van der Waals surface area contributed by atoms with Gasteiger partial charge in [0.05, 0.1) is 5.58 Å². The van der Waals surface area contributed by atoms with Gasteiger partial charge in [-0.2, -0.15) is 0 Å². The Morgan fingerprint density at radius 1 is 0.833 bits per heavy atom. The molecule has 0 unspecified atom stereocenters. The third-order valence-corrected chi connectivity index (χ3v) is 9.26. The molecule has 0 atom stereocenters. The van der Waals surface area contributed by atoms with E-state index in [2.05, 4.69) is 94.8 Å². The van der Waals surface area contributed by atoms with Crippen LogP contribution in [0.25, 0.3) is 50.5 Å². The Kier molecular flexibility index (Phi) is 9.28. The molecule has 3 aromatic carbocycles. The van der Waals surface area contributed by atoms with E-state index in [0.29, 0.717) is 40.0 Å². The summed E-state index contributed by atoms with van der Waals surface area (Å²) >= 11 is 0. The van der Waals surface area contributed by atoms with Crippen molar-refractivity contribution in [2.75, 3.05) is 0 Å². The third kappa shape index (κ3) is 8.80. The van der Waals surface area contributed by atoms with Crippen molar-refractivity contribution in [3.8, 4) is 33.6 Å². The van der Waals surface area contributed by atoms with Gasteiger partial charge in [-0.05, 0) is 81.2 Å². The van der Waals surface area contributed by atoms with E-state index in [4.69, 9.17) is 15.4 Å². The number of benzene rings is 3. The second-order valence-electron chi connectivity index (χ2n) is 16.4. The van der Waals surface area contributed by atoms with Crippen LogP contribution in [0.15, 0.2) is 95.8 Å². The van der Waals surface area contributed by atoms with Gasteiger partial charge in [-0.25, -0.2) is 0 Å². The normalized spacial score (nSPS) is 14.9. The van der Waals surface area contributed by atoms with E-state index in [0.717, 1.165) is 22.3 Å². The summed E-state index contributed by atoms with van der Waals surface area (Å²) in [5.74, 6) is 0.647. The summed E-state index contributed by atoms with van der Waals surface area (Å²) in [7, 11) is 0. The fourth-order valence-electron chi connectivity index (χ4n) is 6.50. The Bertz CT molecular complexity index is 2580. The summed E-state index contributed by atoms with van der Waals surface area (Å²) in [6.07, 6.45) is 3.22. The average Bonchev–Trinajstić information content (AvgIpc) is 3.76. The van der Waals surface area contributed by atoms with Gasteiger partial charge in [-0.1, -0.05) is 124 Å². The number of aryl methyl sites for hydroxylation is 2. The molecule has 0 N–H and O–H groups in total. The third-order valence-electron chi connectivity index (χ3n) is 9.26. The number of aromatic nitrogens is 3. The number of fused-ring (bicyclic) bond motifs is 3. The Labute approximate surface area is 348 Å². The average molecular weight is 902 g/mol. The first-order valence-corrected chi connectivity index (χ1v) is 18.3. The molecule has 7 aromatic rings. The molecule has 5 heteroatoms. The molecule has 0 aliphatic carbocycles. The zero-order valence-electron chi connectivity index (χ0n) is 40.9. The number of hydrogen-bond acceptors (Lipinski definition) is 3. The van der Waals surface area contributed by atoms with E-state index in [9.17, 15) is 0 Å². The van der Waals surface area contributed by atoms with Gasteiger partial charge in [0, 0.05) is 60.7 Å². The molecule has 7 rings (SSSR count). The maximum Gasteiger partial charge on any atom is 0.201 e. The fourth-order valence-corrected chi connectivity index (χ4v) is 6.50. The molecular weight excluding hydrogens is 839 g/mol. The van der Waals surface area contributed by atoms with Crippen molar-refractivity contribution >= 4 is 16.8 Å². The summed E-state index contributed by atoms with van der Waals surface area (Å²) in [6, 6.07) is 29.0. The molecule has 0 aliphatic rings. The molecule has 4 heterocycles. The molecular formula is C49H55IrN3O-2. The van der Waals surface area contributed by atoms with Crippen molar-refractivity contribution in [1.29, 1.82) is 0 Å². The van der Waals surface area contributed by atoms with Gasteiger partial charge in [-0.3, -0.25) is 0 Å². The van der Waals surface area contributed by atoms with Crippen molar-refractivity contribution in [3.05, 3.63) is 137 Å². The van der Waals surface area contributed by atoms with Gasteiger partial charge in [-0.15, -0.1) is 53.6 Å². The first kappa shape index (κ1) is 31.0. The SMILES string of the molecule is [2H]C([2H])([2H])c1c[c-]c(-c2ccc(C(C)(C)C)cn2)cc1.[2H]C([2H])([2H])c1cnc(-c2[c-]ccc3c2oc2c(-c4c(C(C)C)cccc4C(C)C)ccn23)cc1C([2H])([2H])C(C)(C)C.[Ir]. The number of nitrogens with zero attached hydrogens (tertiary/aromatic N) is 3. The van der Waals surface area contributed by atoms with Gasteiger partial charge >= 0.3 is 0 Å². The van der Waals surface area contributed by atoms with E-state index in [1.807, 2.05) is 35.0 Å². The van der Waals surface area contributed by atoms with Crippen molar-refractivity contribution < 1.29 is 35.5 Å². The van der Waals surface area contributed by atoms with Crippen LogP contribution in [-0.4, -0.2) is 14.4 Å². The molecule has 0 amide bonds. The predicted octanol–water partition coefficient (Wildman–Crippen LogP) is 13.5. The van der Waals surface area contributed by atoms with Crippen molar-refractivity contribution in [3.63, 3.8) is 0 Å². The number of oxazole rings is 1. The molecule has 1 radical (unpaired) electrons. The second kappa shape index (κ2) is 16.2. The Morgan fingerprint density at radius 3 is 2.13 bits per heavy atom. The van der Waals surface area contributed by atoms with E-state index >= 15 is 0 Å². The number of pyridine rings is 2. The van der Waals surface area contributed by atoms with Gasteiger partial charge in [0.1, 0.15) is 0 Å². The van der Waals surface area contributed by atoms with Crippen molar-refractivity contribution in [2.45, 2.75) is 107 Å². The van der Waals surface area contributed by atoms with Gasteiger partial charge in [0.25, 0.3) is 0 Å². The van der Waals surface area contributed by atoms with Crippen LogP contribution in [0.3, 0.4) is 0 Å². The van der Waals surface area contributed by atoms with Crippen LogP contribution in [0.2, 0.25) is 0 Å². The molecule has 0 aliphatic heterocycles. The monoisotopic (exact) mass is 902 g/mol. The van der Waals surface area contributed by atoms with Gasteiger partial charge in [0.2, 0.25) is 5.71 Å². The molecule has 54 heavy (non-hydrogen) atoms. The Balaban J connectivity index is 0.000000291. The zero-order chi connectivity index (χ0) is 45.0. The van der Waals surface area contributed by atoms with Crippen LogP contribution in [0.5, 0.6) is 0 Å². The molecule has 0 spiro atoms. The minimum atomic E-state index is -2.51. The van der Waals surface area contributed by atoms with Crippen molar-refractivity contribution in [2.24, 2.45) is 5.41 Å². The van der Waals surface area contributed by atoms with Crippen LogP contribution in [0.4, 0.5) is 0 Å². The van der Waals surface area contributed by atoms with E-state index in [-0.39, 0.29) is 36.6 Å². The first-order valence-electron chi connectivity index (χ1n) is 22.3. The van der Waals surface area contributed by atoms with Gasteiger partial charge < -0.3 is 18.8 Å². The van der Waals surface area contributed by atoms with Crippen LogP contribution in [0.1, 0.15) is 125 Å². The maximum absolute atomic E-state index is 8.91. The summed E-state index contributed by atoms with van der Waals surface area (Å²) in [5, 5.41) is 0. The van der Waals surface area contributed by atoms with E-state index in [1.54, 1.807) is 45.0 Å².